The van der Waals surface area contributed by atoms with Crippen molar-refractivity contribution in [3.63, 3.8) is 0 Å². The Bertz CT molecular complexity index is 494. The number of urea groups is 1. The molecule has 0 spiro atoms. The van der Waals surface area contributed by atoms with Gasteiger partial charge in [0.05, 0.1) is 0 Å². The van der Waals surface area contributed by atoms with Crippen molar-refractivity contribution in [1.82, 2.24) is 4.90 Å². The van der Waals surface area contributed by atoms with E-state index in [-0.39, 0.29) is 17.9 Å². The average Bonchev–Trinajstić information content (AvgIpc) is 2.47. The summed E-state index contributed by atoms with van der Waals surface area (Å²) in [5, 5.41) is 5.72. The molecule has 2 N–H and O–H groups in total. The zero-order chi connectivity index (χ0) is 16.5. The molecule has 0 heterocycles. The van der Waals surface area contributed by atoms with Crippen LogP contribution in [0.5, 0.6) is 0 Å². The van der Waals surface area contributed by atoms with Gasteiger partial charge in [-0.1, -0.05) is 33.8 Å². The van der Waals surface area contributed by atoms with Gasteiger partial charge >= 0.3 is 6.03 Å². The zero-order valence-corrected chi connectivity index (χ0v) is 14.0. The largest absolute Gasteiger partial charge is 0.326 e. The highest BCUT2D eigenvalue weighted by molar-refractivity contribution is 5.94. The SMILES string of the molecule is CCCN(CCC)C(=O)Nc1cccc(NC(=O)C(C)C)c1. The fraction of sp³-hybridized carbons (Fsp3) is 0.529. The highest BCUT2D eigenvalue weighted by Gasteiger charge is 2.12. The second-order valence-electron chi connectivity index (χ2n) is 5.64. The van der Waals surface area contributed by atoms with Gasteiger partial charge in [-0.2, -0.15) is 0 Å². The number of carbonyl (C=O) groups excluding carboxylic acids is 2. The minimum absolute atomic E-state index is 0.0398. The fourth-order valence-electron chi connectivity index (χ4n) is 2.02. The lowest BCUT2D eigenvalue weighted by Crippen LogP contribution is -2.36. The first-order valence-electron chi connectivity index (χ1n) is 7.94. The lowest BCUT2D eigenvalue weighted by atomic mass is 10.2. The topological polar surface area (TPSA) is 61.4 Å². The van der Waals surface area contributed by atoms with Crippen LogP contribution in [0.4, 0.5) is 16.2 Å². The monoisotopic (exact) mass is 305 g/mol. The van der Waals surface area contributed by atoms with Gasteiger partial charge in [-0.05, 0) is 31.0 Å². The number of hydrogen-bond donors (Lipinski definition) is 2. The van der Waals surface area contributed by atoms with Crippen LogP contribution < -0.4 is 10.6 Å². The van der Waals surface area contributed by atoms with Crippen LogP contribution in [0.1, 0.15) is 40.5 Å². The Morgan fingerprint density at radius 1 is 1.05 bits per heavy atom. The third-order valence-corrected chi connectivity index (χ3v) is 3.18. The molecule has 3 amide bonds. The lowest BCUT2D eigenvalue weighted by Gasteiger charge is -2.22. The van der Waals surface area contributed by atoms with E-state index in [1.54, 1.807) is 11.0 Å². The van der Waals surface area contributed by atoms with Crippen LogP contribution in [0.2, 0.25) is 0 Å². The summed E-state index contributed by atoms with van der Waals surface area (Å²) in [6.07, 6.45) is 1.86. The highest BCUT2D eigenvalue weighted by atomic mass is 16.2. The van der Waals surface area contributed by atoms with Crippen molar-refractivity contribution in [3.05, 3.63) is 24.3 Å². The molecular weight excluding hydrogens is 278 g/mol. The Balaban J connectivity index is 2.72. The Kier molecular flexibility index (Phi) is 7.43. The molecule has 0 saturated heterocycles. The molecule has 0 saturated carbocycles. The summed E-state index contributed by atoms with van der Waals surface area (Å²) < 4.78 is 0. The molecule has 0 aliphatic heterocycles. The summed E-state index contributed by atoms with van der Waals surface area (Å²) in [5.41, 5.74) is 1.37. The summed E-state index contributed by atoms with van der Waals surface area (Å²) >= 11 is 0. The number of carbonyl (C=O) groups is 2. The summed E-state index contributed by atoms with van der Waals surface area (Å²) in [6.45, 7) is 9.27. The van der Waals surface area contributed by atoms with Gasteiger partial charge in [0, 0.05) is 30.4 Å². The highest BCUT2D eigenvalue weighted by Crippen LogP contribution is 2.16. The Labute approximate surface area is 133 Å². The average molecular weight is 305 g/mol. The summed E-state index contributed by atoms with van der Waals surface area (Å²) in [5.74, 6) is -0.120. The number of rotatable bonds is 7. The molecular formula is C17H27N3O2. The van der Waals surface area contributed by atoms with Crippen molar-refractivity contribution in [2.24, 2.45) is 5.92 Å². The normalized spacial score (nSPS) is 10.4. The first-order chi connectivity index (χ1) is 10.5. The molecule has 0 aromatic heterocycles. The van der Waals surface area contributed by atoms with E-state index < -0.39 is 0 Å². The van der Waals surface area contributed by atoms with Gasteiger partial charge in [-0.15, -0.1) is 0 Å². The minimum Gasteiger partial charge on any atom is -0.326 e. The molecule has 0 atom stereocenters. The molecule has 1 rings (SSSR count). The number of nitrogens with one attached hydrogen (secondary N) is 2. The predicted octanol–water partition coefficient (Wildman–Crippen LogP) is 3.94. The van der Waals surface area contributed by atoms with Crippen molar-refractivity contribution >= 4 is 23.3 Å². The molecule has 0 unspecified atom stereocenters. The van der Waals surface area contributed by atoms with Gasteiger partial charge in [-0.3, -0.25) is 4.79 Å². The van der Waals surface area contributed by atoms with Crippen molar-refractivity contribution in [3.8, 4) is 0 Å². The molecule has 0 bridgehead atoms. The van der Waals surface area contributed by atoms with Crippen molar-refractivity contribution in [1.29, 1.82) is 0 Å². The van der Waals surface area contributed by atoms with Crippen LogP contribution in [-0.4, -0.2) is 29.9 Å². The fourth-order valence-corrected chi connectivity index (χ4v) is 2.02. The zero-order valence-electron chi connectivity index (χ0n) is 14.0. The predicted molar refractivity (Wildman–Crippen MR) is 91.1 cm³/mol. The van der Waals surface area contributed by atoms with Crippen LogP contribution in [-0.2, 0) is 4.79 Å². The first-order valence-corrected chi connectivity index (χ1v) is 7.94. The van der Waals surface area contributed by atoms with E-state index in [0.29, 0.717) is 11.4 Å². The van der Waals surface area contributed by atoms with Crippen LogP contribution in [0.15, 0.2) is 24.3 Å². The summed E-state index contributed by atoms with van der Waals surface area (Å²) in [7, 11) is 0. The van der Waals surface area contributed by atoms with Crippen molar-refractivity contribution < 1.29 is 9.59 Å². The van der Waals surface area contributed by atoms with Crippen LogP contribution >= 0.6 is 0 Å². The van der Waals surface area contributed by atoms with Gasteiger partial charge in [-0.25, -0.2) is 4.79 Å². The third-order valence-electron chi connectivity index (χ3n) is 3.18. The molecule has 22 heavy (non-hydrogen) atoms. The van der Waals surface area contributed by atoms with E-state index in [4.69, 9.17) is 0 Å². The maximum Gasteiger partial charge on any atom is 0.321 e. The van der Waals surface area contributed by atoms with E-state index in [1.807, 2.05) is 32.0 Å². The maximum atomic E-state index is 12.3. The van der Waals surface area contributed by atoms with Gasteiger partial charge in [0.25, 0.3) is 0 Å². The summed E-state index contributed by atoms with van der Waals surface area (Å²) in [4.78, 5) is 25.8. The smallest absolute Gasteiger partial charge is 0.321 e. The van der Waals surface area contributed by atoms with Gasteiger partial charge in [0.15, 0.2) is 0 Å². The van der Waals surface area contributed by atoms with E-state index in [9.17, 15) is 9.59 Å². The van der Waals surface area contributed by atoms with Crippen LogP contribution in [0, 0.1) is 5.92 Å². The quantitative estimate of drug-likeness (QED) is 0.801. The number of nitrogens with zero attached hydrogens (tertiary/aromatic N) is 1. The molecule has 0 radical (unpaired) electrons. The lowest BCUT2D eigenvalue weighted by molar-refractivity contribution is -0.118. The Morgan fingerprint density at radius 2 is 1.59 bits per heavy atom. The third kappa shape index (κ3) is 5.76. The van der Waals surface area contributed by atoms with Crippen molar-refractivity contribution in [2.75, 3.05) is 23.7 Å². The van der Waals surface area contributed by atoms with Crippen LogP contribution in [0.3, 0.4) is 0 Å². The maximum absolute atomic E-state index is 12.3. The second kappa shape index (κ2) is 9.07. The number of amides is 3. The number of benzene rings is 1. The summed E-state index contributed by atoms with van der Waals surface area (Å²) in [6, 6.07) is 7.12. The van der Waals surface area contributed by atoms with Crippen molar-refractivity contribution in [2.45, 2.75) is 40.5 Å². The number of anilines is 2. The minimum atomic E-state index is -0.101. The van der Waals surface area contributed by atoms with Gasteiger partial charge in [0.2, 0.25) is 5.91 Å². The van der Waals surface area contributed by atoms with E-state index in [2.05, 4.69) is 24.5 Å². The van der Waals surface area contributed by atoms with Gasteiger partial charge < -0.3 is 15.5 Å². The molecule has 1 aromatic rings. The first kappa shape index (κ1) is 18.0. The Hall–Kier alpha value is -2.04. The van der Waals surface area contributed by atoms with E-state index in [1.165, 1.54) is 0 Å². The van der Waals surface area contributed by atoms with E-state index in [0.717, 1.165) is 25.9 Å². The molecule has 122 valence electrons. The van der Waals surface area contributed by atoms with E-state index >= 15 is 0 Å². The molecule has 0 aliphatic carbocycles. The second-order valence-corrected chi connectivity index (χ2v) is 5.64. The number of hydrogen-bond acceptors (Lipinski definition) is 2. The molecule has 1 aromatic carbocycles. The Morgan fingerprint density at radius 3 is 2.09 bits per heavy atom. The standard InChI is InChI=1S/C17H27N3O2/c1-5-10-20(11-6-2)17(22)19-15-9-7-8-14(12-15)18-16(21)13(3)4/h7-9,12-13H,5-6,10-11H2,1-4H3,(H,18,21)(H,19,22). The van der Waals surface area contributed by atoms with Gasteiger partial charge in [0.1, 0.15) is 0 Å². The molecule has 0 aliphatic rings. The molecule has 0 fully saturated rings. The molecule has 5 heteroatoms. The molecule has 5 nitrogen and oxygen atoms in total. The van der Waals surface area contributed by atoms with Crippen LogP contribution in [0.25, 0.3) is 0 Å².